The lowest BCUT2D eigenvalue weighted by molar-refractivity contribution is 0.0429. The number of hydrogen-bond acceptors (Lipinski definition) is 8. The van der Waals surface area contributed by atoms with Gasteiger partial charge < -0.3 is 24.1 Å². The average Bonchev–Trinajstić information content (AvgIpc) is 3.24. The van der Waals surface area contributed by atoms with Crippen LogP contribution in [-0.4, -0.2) is 64.1 Å². The predicted molar refractivity (Wildman–Crippen MR) is 142 cm³/mol. The zero-order valence-electron chi connectivity index (χ0n) is 22.8. The van der Waals surface area contributed by atoms with Gasteiger partial charge in [-0.25, -0.2) is 19.0 Å². The molecule has 2 aromatic heterocycles. The lowest BCUT2D eigenvalue weighted by Crippen LogP contribution is -2.46. The number of aromatic nitrogens is 3. The van der Waals surface area contributed by atoms with Crippen LogP contribution in [-0.2, 0) is 14.2 Å². The predicted octanol–water partition coefficient (Wildman–Crippen LogP) is 5.67. The van der Waals surface area contributed by atoms with Gasteiger partial charge in [-0.2, -0.15) is 9.88 Å². The number of morpholine rings is 1. The van der Waals surface area contributed by atoms with Crippen LogP contribution in [0.15, 0.2) is 30.5 Å². The number of aromatic amines is 1. The zero-order chi connectivity index (χ0) is 27.8. The number of nitrogens with zero attached hydrogens (tertiary/aromatic N) is 4. The summed E-state index contributed by atoms with van der Waals surface area (Å²) in [6, 6.07) is 5.94. The molecule has 0 radical (unpaired) electrons. The summed E-state index contributed by atoms with van der Waals surface area (Å²) in [4.78, 5) is 41.8. The molecular weight excluding hydrogens is 493 g/mol. The molecule has 1 aromatic carbocycles. The third-order valence-electron chi connectivity index (χ3n) is 5.62. The Morgan fingerprint density at radius 2 is 1.74 bits per heavy atom. The molecule has 2 amide bonds. The molecule has 1 saturated heterocycles. The highest BCUT2D eigenvalue weighted by Gasteiger charge is 2.35. The molecule has 11 heteroatoms. The van der Waals surface area contributed by atoms with E-state index in [9.17, 15) is 14.0 Å². The van der Waals surface area contributed by atoms with Crippen molar-refractivity contribution in [3.63, 3.8) is 0 Å². The summed E-state index contributed by atoms with van der Waals surface area (Å²) in [6.07, 6.45) is -0.208. The number of rotatable bonds is 3. The number of hydrogen-bond donors (Lipinski definition) is 1. The van der Waals surface area contributed by atoms with Gasteiger partial charge in [0.15, 0.2) is 5.82 Å². The Balaban J connectivity index is 1.93. The number of imide groups is 1. The molecule has 0 saturated carbocycles. The van der Waals surface area contributed by atoms with Gasteiger partial charge in [-0.3, -0.25) is 0 Å². The topological polar surface area (TPSA) is 110 Å². The largest absolute Gasteiger partial charge is 0.443 e. The van der Waals surface area contributed by atoms with E-state index in [1.54, 1.807) is 47.7 Å². The molecule has 0 unspecified atom stereocenters. The van der Waals surface area contributed by atoms with Crippen molar-refractivity contribution in [3.8, 4) is 11.3 Å². The monoisotopic (exact) mass is 527 g/mol. The van der Waals surface area contributed by atoms with Crippen LogP contribution in [0, 0.1) is 5.82 Å². The number of amides is 2. The van der Waals surface area contributed by atoms with Gasteiger partial charge in [0.05, 0.1) is 24.9 Å². The Hall–Kier alpha value is -3.73. The molecule has 1 aliphatic rings. The van der Waals surface area contributed by atoms with Crippen LogP contribution < -0.4 is 9.80 Å². The van der Waals surface area contributed by atoms with E-state index in [2.05, 4.69) is 9.97 Å². The average molecular weight is 528 g/mol. The highest BCUT2D eigenvalue weighted by atomic mass is 19.1. The molecule has 1 atom stereocenters. The van der Waals surface area contributed by atoms with Crippen LogP contribution in [0.25, 0.3) is 22.2 Å². The third-order valence-corrected chi connectivity index (χ3v) is 5.62. The lowest BCUT2D eigenvalue weighted by atomic mass is 10.1. The van der Waals surface area contributed by atoms with Crippen molar-refractivity contribution in [3.05, 3.63) is 36.3 Å². The maximum atomic E-state index is 14.6. The minimum absolute atomic E-state index is 0.0554. The first kappa shape index (κ1) is 27.3. The summed E-state index contributed by atoms with van der Waals surface area (Å²) < 4.78 is 31.3. The summed E-state index contributed by atoms with van der Waals surface area (Å²) in [7, 11) is 0. The van der Waals surface area contributed by atoms with E-state index >= 15 is 0 Å². The summed E-state index contributed by atoms with van der Waals surface area (Å²) >= 11 is 0. The Bertz CT molecular complexity index is 1320. The van der Waals surface area contributed by atoms with Crippen molar-refractivity contribution in [1.82, 2.24) is 15.0 Å². The van der Waals surface area contributed by atoms with Crippen molar-refractivity contribution in [2.75, 3.05) is 29.6 Å². The van der Waals surface area contributed by atoms with Crippen LogP contribution in [0.1, 0.15) is 48.5 Å². The Labute approximate surface area is 221 Å². The number of halogens is 1. The van der Waals surface area contributed by atoms with Gasteiger partial charge in [-0.15, -0.1) is 0 Å². The van der Waals surface area contributed by atoms with E-state index in [0.29, 0.717) is 36.5 Å². The standard InChI is InChI=1S/C27H34FN5O5/c1-16-15-36-11-10-32(16)23-30-21(19-12-17(28)13-20-18(19)8-9-29-20)14-22(31-23)33(24(34)37-26(2,3)4)25(35)38-27(5,6)7/h8-9,12-14,16,29H,10-11,15H2,1-7H3/t16-/m1/s1. The number of ether oxygens (including phenoxy) is 3. The van der Waals surface area contributed by atoms with E-state index in [0.717, 1.165) is 10.3 Å². The van der Waals surface area contributed by atoms with Gasteiger partial charge in [0, 0.05) is 35.3 Å². The normalized spacial score (nSPS) is 16.4. The fourth-order valence-corrected chi connectivity index (χ4v) is 4.05. The molecule has 3 heterocycles. The summed E-state index contributed by atoms with van der Waals surface area (Å²) in [6.45, 7) is 13.5. The molecular formula is C27H34FN5O5. The molecule has 0 bridgehead atoms. The van der Waals surface area contributed by atoms with Crippen LogP contribution in [0.3, 0.4) is 0 Å². The fourth-order valence-electron chi connectivity index (χ4n) is 4.05. The smallest absolute Gasteiger partial charge is 0.425 e. The number of fused-ring (bicyclic) bond motifs is 1. The van der Waals surface area contributed by atoms with Gasteiger partial charge in [0.2, 0.25) is 5.95 Å². The molecule has 0 aliphatic carbocycles. The number of benzene rings is 1. The molecule has 3 aromatic rings. The Morgan fingerprint density at radius 1 is 1.08 bits per heavy atom. The van der Waals surface area contributed by atoms with Crippen LogP contribution >= 0.6 is 0 Å². The molecule has 1 fully saturated rings. The molecule has 0 spiro atoms. The van der Waals surface area contributed by atoms with Crippen LogP contribution in [0.2, 0.25) is 0 Å². The van der Waals surface area contributed by atoms with Gasteiger partial charge in [0.1, 0.15) is 17.0 Å². The molecule has 38 heavy (non-hydrogen) atoms. The van der Waals surface area contributed by atoms with Crippen molar-refractivity contribution < 1.29 is 28.2 Å². The summed E-state index contributed by atoms with van der Waals surface area (Å²) in [5.41, 5.74) is -0.411. The van der Waals surface area contributed by atoms with Crippen LogP contribution in [0.5, 0.6) is 0 Å². The summed E-state index contributed by atoms with van der Waals surface area (Å²) in [5.74, 6) is -0.258. The quantitative estimate of drug-likeness (QED) is 0.464. The van der Waals surface area contributed by atoms with E-state index < -0.39 is 29.2 Å². The maximum absolute atomic E-state index is 14.6. The second-order valence-corrected chi connectivity index (χ2v) is 11.2. The zero-order valence-corrected chi connectivity index (χ0v) is 22.8. The van der Waals surface area contributed by atoms with Gasteiger partial charge in [-0.1, -0.05) is 0 Å². The summed E-state index contributed by atoms with van der Waals surface area (Å²) in [5, 5.41) is 0.720. The molecule has 204 valence electrons. The SMILES string of the molecule is C[C@@H]1COCCN1c1nc(-c2cc(F)cc3[nH]ccc23)cc(N(C(=O)OC(C)(C)C)C(=O)OC(C)(C)C)n1. The number of carbonyl (C=O) groups excluding carboxylic acids is 2. The van der Waals surface area contributed by atoms with Gasteiger partial charge in [-0.05, 0) is 66.7 Å². The highest BCUT2D eigenvalue weighted by molar-refractivity contribution is 6.09. The van der Waals surface area contributed by atoms with Crippen LogP contribution in [0.4, 0.5) is 25.7 Å². The number of nitrogens with one attached hydrogen (secondary N) is 1. The molecule has 4 rings (SSSR count). The third kappa shape index (κ3) is 6.21. The Morgan fingerprint density at radius 3 is 2.34 bits per heavy atom. The minimum Gasteiger partial charge on any atom is -0.443 e. The first-order chi connectivity index (χ1) is 17.7. The van der Waals surface area contributed by atoms with Gasteiger partial charge >= 0.3 is 12.2 Å². The van der Waals surface area contributed by atoms with Crippen molar-refractivity contribution in [2.24, 2.45) is 0 Å². The van der Waals surface area contributed by atoms with Crippen molar-refractivity contribution >= 4 is 34.9 Å². The Kier molecular flexibility index (Phi) is 7.33. The number of anilines is 2. The first-order valence-electron chi connectivity index (χ1n) is 12.5. The van der Waals surface area contributed by atoms with E-state index in [1.165, 1.54) is 18.2 Å². The first-order valence-corrected chi connectivity index (χ1v) is 12.5. The van der Waals surface area contributed by atoms with Crippen molar-refractivity contribution in [2.45, 2.75) is 65.7 Å². The second-order valence-electron chi connectivity index (χ2n) is 11.2. The fraction of sp³-hybridized carbons (Fsp3) is 0.481. The number of carbonyl (C=O) groups is 2. The molecule has 10 nitrogen and oxygen atoms in total. The highest BCUT2D eigenvalue weighted by Crippen LogP contribution is 2.33. The van der Waals surface area contributed by atoms with Crippen molar-refractivity contribution in [1.29, 1.82) is 0 Å². The van der Waals surface area contributed by atoms with E-state index in [4.69, 9.17) is 19.2 Å². The molecule has 1 N–H and O–H groups in total. The maximum Gasteiger partial charge on any atom is 0.425 e. The second kappa shape index (κ2) is 10.2. The van der Waals surface area contributed by atoms with E-state index in [-0.39, 0.29) is 17.8 Å². The number of H-pyrrole nitrogens is 1. The minimum atomic E-state index is -0.955. The lowest BCUT2D eigenvalue weighted by Gasteiger charge is -2.34. The van der Waals surface area contributed by atoms with Gasteiger partial charge in [0.25, 0.3) is 0 Å². The molecule has 1 aliphatic heterocycles. The van der Waals surface area contributed by atoms with E-state index in [1.807, 2.05) is 17.9 Å².